The molecule has 0 saturated heterocycles. The van der Waals surface area contributed by atoms with E-state index in [1.54, 1.807) is 32.2 Å². The molecule has 2 heterocycles. The number of nitrogens with zero attached hydrogens (tertiary/aromatic N) is 5. The predicted octanol–water partition coefficient (Wildman–Crippen LogP) is 5.58. The number of rotatable bonds is 5. The van der Waals surface area contributed by atoms with Crippen molar-refractivity contribution in [2.75, 3.05) is 0 Å². The first-order chi connectivity index (χ1) is 17.0. The second-order valence-electron chi connectivity index (χ2n) is 8.53. The van der Waals surface area contributed by atoms with Gasteiger partial charge in [-0.25, -0.2) is 18.7 Å². The molecule has 1 aliphatic carbocycles. The Morgan fingerprint density at radius 1 is 1.09 bits per heavy atom. The van der Waals surface area contributed by atoms with Gasteiger partial charge in [0.1, 0.15) is 5.82 Å². The van der Waals surface area contributed by atoms with Crippen LogP contribution in [-0.4, -0.2) is 20.3 Å². The maximum atomic E-state index is 14.7. The molecule has 1 unspecified atom stereocenters. The molecule has 0 N–H and O–H groups in total. The van der Waals surface area contributed by atoms with Gasteiger partial charge in [-0.15, -0.1) is 11.3 Å². The largest absolute Gasteiger partial charge is 0.297 e. The van der Waals surface area contributed by atoms with Crippen molar-refractivity contribution < 1.29 is 4.39 Å². The van der Waals surface area contributed by atoms with Crippen LogP contribution in [0.2, 0.25) is 0 Å². The third kappa shape index (κ3) is 4.49. The summed E-state index contributed by atoms with van der Waals surface area (Å²) in [6.45, 7) is 1.87. The van der Waals surface area contributed by atoms with Gasteiger partial charge < -0.3 is 0 Å². The number of hydrogen-bond acceptors (Lipinski definition) is 4. The van der Waals surface area contributed by atoms with E-state index < -0.39 is 0 Å². The summed E-state index contributed by atoms with van der Waals surface area (Å²) < 4.78 is 19.7. The number of aromatic nitrogens is 3. The van der Waals surface area contributed by atoms with Crippen molar-refractivity contribution in [3.05, 3.63) is 98.8 Å². The summed E-state index contributed by atoms with van der Waals surface area (Å²) in [4.78, 5) is 18.7. The Morgan fingerprint density at radius 3 is 2.60 bits per heavy atom. The Balaban J connectivity index is 1.67. The normalized spacial score (nSPS) is 16.4. The van der Waals surface area contributed by atoms with Crippen LogP contribution in [0.5, 0.6) is 0 Å². The highest BCUT2D eigenvalue weighted by atomic mass is 32.1. The number of halogens is 1. The lowest BCUT2D eigenvalue weighted by atomic mass is 9.96. The molecule has 1 atom stereocenters. The van der Waals surface area contributed by atoms with Crippen LogP contribution >= 0.6 is 11.3 Å². The van der Waals surface area contributed by atoms with E-state index in [-0.39, 0.29) is 11.4 Å². The molecule has 0 saturated carbocycles. The Hall–Kier alpha value is -3.78. The van der Waals surface area contributed by atoms with Crippen LogP contribution in [-0.2, 0) is 7.05 Å². The van der Waals surface area contributed by atoms with E-state index in [0.717, 1.165) is 30.6 Å². The van der Waals surface area contributed by atoms with Gasteiger partial charge in [0.25, 0.3) is 5.56 Å². The molecule has 2 aromatic carbocycles. The standard InChI is InChI=1S/C27H26FN5OS/c1-19-25(26(34)33(31(19)2)21-13-7-4-8-14-21)30-27-32(29-17-20-11-5-3-6-12-20)24(18-35-27)22-15-9-10-16-23(22)28/h3-5,7-10,13-18,20H,6,11-12H2,1-2H3. The van der Waals surface area contributed by atoms with Gasteiger partial charge >= 0.3 is 0 Å². The first kappa shape index (κ1) is 23.0. The highest BCUT2D eigenvalue weighted by Gasteiger charge is 2.18. The maximum Gasteiger partial charge on any atom is 0.297 e. The minimum atomic E-state index is -0.330. The number of para-hydroxylation sites is 1. The zero-order chi connectivity index (χ0) is 24.4. The van der Waals surface area contributed by atoms with Gasteiger partial charge in [0.15, 0.2) is 5.69 Å². The average molecular weight is 488 g/mol. The lowest BCUT2D eigenvalue weighted by Crippen LogP contribution is -2.20. The van der Waals surface area contributed by atoms with E-state index in [4.69, 9.17) is 10.1 Å². The summed E-state index contributed by atoms with van der Waals surface area (Å²) in [5.74, 6) is -0.0220. The molecule has 4 aromatic rings. The molecular formula is C27H26FN5OS. The molecule has 0 fully saturated rings. The monoisotopic (exact) mass is 487 g/mol. The fourth-order valence-corrected chi connectivity index (χ4v) is 5.07. The number of thiazole rings is 1. The van der Waals surface area contributed by atoms with Crippen molar-refractivity contribution in [3.63, 3.8) is 0 Å². The molecule has 8 heteroatoms. The Morgan fingerprint density at radius 2 is 1.86 bits per heavy atom. The molecule has 5 rings (SSSR count). The van der Waals surface area contributed by atoms with Crippen LogP contribution in [0.4, 0.5) is 10.1 Å². The molecule has 35 heavy (non-hydrogen) atoms. The molecule has 2 aromatic heterocycles. The second-order valence-corrected chi connectivity index (χ2v) is 9.36. The smallest absolute Gasteiger partial charge is 0.283 e. The van der Waals surface area contributed by atoms with Crippen molar-refractivity contribution in [1.82, 2.24) is 14.0 Å². The summed E-state index contributed by atoms with van der Waals surface area (Å²) in [6, 6.07) is 16.1. The molecule has 0 aliphatic heterocycles. The van der Waals surface area contributed by atoms with Crippen molar-refractivity contribution >= 4 is 23.2 Å². The quantitative estimate of drug-likeness (QED) is 0.268. The zero-order valence-corrected chi connectivity index (χ0v) is 20.5. The fraction of sp³-hybridized carbons (Fsp3) is 0.222. The summed E-state index contributed by atoms with van der Waals surface area (Å²) in [7, 11) is 1.84. The second kappa shape index (κ2) is 9.84. The van der Waals surface area contributed by atoms with Crippen LogP contribution < -0.4 is 10.4 Å². The van der Waals surface area contributed by atoms with Crippen LogP contribution in [0.15, 0.2) is 87.0 Å². The maximum absolute atomic E-state index is 14.7. The minimum Gasteiger partial charge on any atom is -0.283 e. The molecule has 6 nitrogen and oxygen atoms in total. The minimum absolute atomic E-state index is 0.218. The summed E-state index contributed by atoms with van der Waals surface area (Å²) in [5.41, 5.74) is 2.66. The SMILES string of the molecule is Cc1c(N=c2scc(-c3ccccc3F)n2N=CC2CC=CCC2)c(=O)n(-c2ccccc2)n1C. The molecule has 0 radical (unpaired) electrons. The third-order valence-electron chi connectivity index (χ3n) is 6.27. The van der Waals surface area contributed by atoms with E-state index in [9.17, 15) is 9.18 Å². The van der Waals surface area contributed by atoms with E-state index in [2.05, 4.69) is 12.2 Å². The van der Waals surface area contributed by atoms with Gasteiger partial charge in [-0.3, -0.25) is 9.48 Å². The summed E-state index contributed by atoms with van der Waals surface area (Å²) >= 11 is 1.33. The average Bonchev–Trinajstić information content (AvgIpc) is 3.37. The molecule has 0 amide bonds. The first-order valence-electron chi connectivity index (χ1n) is 11.6. The van der Waals surface area contributed by atoms with Crippen LogP contribution in [0.1, 0.15) is 25.0 Å². The van der Waals surface area contributed by atoms with E-state index in [1.165, 1.54) is 17.4 Å². The third-order valence-corrected chi connectivity index (χ3v) is 7.09. The lowest BCUT2D eigenvalue weighted by molar-refractivity contribution is 0.620. The van der Waals surface area contributed by atoms with Gasteiger partial charge in [-0.05, 0) is 56.4 Å². The molecular weight excluding hydrogens is 461 g/mol. The van der Waals surface area contributed by atoms with Crippen molar-refractivity contribution in [2.24, 2.45) is 23.1 Å². The molecule has 0 bridgehead atoms. The molecule has 1 aliphatic rings. The highest BCUT2D eigenvalue weighted by Crippen LogP contribution is 2.25. The van der Waals surface area contributed by atoms with Crippen molar-refractivity contribution in [1.29, 1.82) is 0 Å². The molecule has 178 valence electrons. The fourth-order valence-electron chi connectivity index (χ4n) is 4.24. The Labute approximate surface area is 206 Å². The lowest BCUT2D eigenvalue weighted by Gasteiger charge is -2.12. The van der Waals surface area contributed by atoms with Crippen LogP contribution in [0.25, 0.3) is 16.9 Å². The summed E-state index contributed by atoms with van der Waals surface area (Å²) in [6.07, 6.45) is 9.23. The number of allylic oxidation sites excluding steroid dienone is 2. The van der Waals surface area contributed by atoms with E-state index >= 15 is 0 Å². The van der Waals surface area contributed by atoms with Gasteiger partial charge in [-0.2, -0.15) is 5.10 Å². The van der Waals surface area contributed by atoms with E-state index in [1.807, 2.05) is 55.9 Å². The first-order valence-corrected chi connectivity index (χ1v) is 12.5. The number of benzene rings is 2. The van der Waals surface area contributed by atoms with Gasteiger partial charge in [0, 0.05) is 24.2 Å². The highest BCUT2D eigenvalue weighted by molar-refractivity contribution is 7.07. The predicted molar refractivity (Wildman–Crippen MR) is 139 cm³/mol. The van der Waals surface area contributed by atoms with Crippen LogP contribution in [0, 0.1) is 18.7 Å². The number of hydrogen-bond donors (Lipinski definition) is 0. The molecule has 0 spiro atoms. The van der Waals surface area contributed by atoms with Gasteiger partial charge in [0.2, 0.25) is 4.80 Å². The Bertz CT molecular complexity index is 1540. The van der Waals surface area contributed by atoms with E-state index in [0.29, 0.717) is 27.7 Å². The van der Waals surface area contributed by atoms with Crippen LogP contribution in [0.3, 0.4) is 0 Å². The zero-order valence-electron chi connectivity index (χ0n) is 19.6. The van der Waals surface area contributed by atoms with Gasteiger partial charge in [0.05, 0.1) is 17.1 Å². The topological polar surface area (TPSA) is 56.6 Å². The Kier molecular flexibility index (Phi) is 6.46. The summed E-state index contributed by atoms with van der Waals surface area (Å²) in [5, 5.41) is 6.58. The van der Waals surface area contributed by atoms with Gasteiger partial charge in [-0.1, -0.05) is 42.5 Å². The van der Waals surface area contributed by atoms with Crippen molar-refractivity contribution in [2.45, 2.75) is 26.2 Å². The van der Waals surface area contributed by atoms with Crippen molar-refractivity contribution in [3.8, 4) is 16.9 Å².